The van der Waals surface area contributed by atoms with E-state index in [9.17, 15) is 9.59 Å². The van der Waals surface area contributed by atoms with Crippen molar-refractivity contribution in [1.29, 1.82) is 0 Å². The Morgan fingerprint density at radius 1 is 0.700 bits per heavy atom. The van der Waals surface area contributed by atoms with E-state index in [0.29, 0.717) is 48.9 Å². The molecule has 3 aromatic carbocycles. The number of hydrogen-bond donors (Lipinski definition) is 1. The van der Waals surface area contributed by atoms with Crippen LogP contribution < -0.4 is 14.2 Å². The Bertz CT molecular complexity index is 1260. The van der Waals surface area contributed by atoms with Crippen molar-refractivity contribution in [1.82, 2.24) is 0 Å². The summed E-state index contributed by atoms with van der Waals surface area (Å²) in [6.07, 6.45) is 1.78. The molecule has 0 amide bonds. The van der Waals surface area contributed by atoms with Gasteiger partial charge >= 0.3 is 12.1 Å². The molecule has 1 N–H and O–H groups in total. The highest BCUT2D eigenvalue weighted by Gasteiger charge is 2.10. The number of allylic oxidation sites excluding steroid dienone is 1. The summed E-state index contributed by atoms with van der Waals surface area (Å²) in [6.45, 7) is 10.3. The molecule has 0 heterocycles. The predicted molar refractivity (Wildman–Crippen MR) is 152 cm³/mol. The topological polar surface area (TPSA) is 101 Å². The van der Waals surface area contributed by atoms with Gasteiger partial charge in [-0.2, -0.15) is 0 Å². The lowest BCUT2D eigenvalue weighted by atomic mass is 10.0. The Balaban J connectivity index is 1.43. The maximum Gasteiger partial charge on any atom is 0.513 e. The largest absolute Gasteiger partial charge is 0.513 e. The number of esters is 1. The number of rotatable bonds is 15. The smallest absolute Gasteiger partial charge is 0.513 e. The first-order valence-electron chi connectivity index (χ1n) is 13.0. The Morgan fingerprint density at radius 2 is 1.23 bits per heavy atom. The van der Waals surface area contributed by atoms with Gasteiger partial charge in [0.05, 0.1) is 36.9 Å². The molecule has 0 aliphatic carbocycles. The molecule has 0 fully saturated rings. The highest BCUT2D eigenvalue weighted by atomic mass is 16.7. The first-order valence-corrected chi connectivity index (χ1v) is 13.0. The summed E-state index contributed by atoms with van der Waals surface area (Å²) in [5, 5.41) is 9.10. The third kappa shape index (κ3) is 10.2. The maximum absolute atomic E-state index is 12.5. The summed E-state index contributed by atoms with van der Waals surface area (Å²) in [5.74, 6) is 1.66. The second kappa shape index (κ2) is 15.6. The van der Waals surface area contributed by atoms with Crippen LogP contribution in [0.4, 0.5) is 4.79 Å². The number of carbonyl (C=O) groups excluding carboxylic acids is 2. The van der Waals surface area contributed by atoms with Crippen LogP contribution in [0.25, 0.3) is 11.1 Å². The van der Waals surface area contributed by atoms with E-state index in [1.54, 1.807) is 48.5 Å². The van der Waals surface area contributed by atoms with Crippen molar-refractivity contribution in [3.63, 3.8) is 0 Å². The SMILES string of the molecule is C=C(O)CCOc1ccc(OC(=O)c2ccc(-c3ccc(OC(=O)OCCCCOC(=C)CC)cc3)cc2)cc1. The van der Waals surface area contributed by atoms with Gasteiger partial charge in [-0.05, 0) is 72.5 Å². The second-order valence-corrected chi connectivity index (χ2v) is 8.78. The van der Waals surface area contributed by atoms with Gasteiger partial charge in [-0.15, -0.1) is 0 Å². The lowest BCUT2D eigenvalue weighted by molar-refractivity contribution is 0.0734. The van der Waals surface area contributed by atoms with Crippen LogP contribution >= 0.6 is 0 Å². The van der Waals surface area contributed by atoms with Crippen LogP contribution in [-0.2, 0) is 9.47 Å². The Hall–Kier alpha value is -4.72. The summed E-state index contributed by atoms with van der Waals surface area (Å²) in [7, 11) is 0. The van der Waals surface area contributed by atoms with E-state index in [4.69, 9.17) is 28.8 Å². The van der Waals surface area contributed by atoms with E-state index in [-0.39, 0.29) is 12.4 Å². The third-order valence-electron chi connectivity index (χ3n) is 5.66. The molecule has 40 heavy (non-hydrogen) atoms. The quantitative estimate of drug-likeness (QED) is 0.0682. The van der Waals surface area contributed by atoms with E-state index in [1.807, 2.05) is 31.2 Å². The van der Waals surface area contributed by atoms with Crippen LogP contribution in [0.2, 0.25) is 0 Å². The van der Waals surface area contributed by atoms with Crippen LogP contribution in [0.3, 0.4) is 0 Å². The van der Waals surface area contributed by atoms with Crippen molar-refractivity contribution in [2.45, 2.75) is 32.6 Å². The first kappa shape index (κ1) is 29.8. The van der Waals surface area contributed by atoms with Crippen LogP contribution in [0.1, 0.15) is 43.0 Å². The number of unbranched alkanes of at least 4 members (excludes halogenated alkanes) is 1. The van der Waals surface area contributed by atoms with Gasteiger partial charge in [-0.3, -0.25) is 0 Å². The molecule has 8 heteroatoms. The van der Waals surface area contributed by atoms with Crippen molar-refractivity contribution in [3.8, 4) is 28.4 Å². The standard InChI is InChI=1S/C32H34O8/c1-4-24(3)36-20-5-6-21-38-32(35)40-30-13-11-26(12-14-30)25-7-9-27(10-8-25)31(34)39-29-17-15-28(16-18-29)37-22-19-23(2)33/h7-18,33H,2-6,19-22H2,1H3. The van der Waals surface area contributed by atoms with Crippen LogP contribution in [0.5, 0.6) is 17.2 Å². The van der Waals surface area contributed by atoms with Crippen molar-refractivity contribution in [3.05, 3.63) is 103 Å². The number of aliphatic hydroxyl groups is 1. The minimum Gasteiger partial charge on any atom is -0.513 e. The molecule has 0 radical (unpaired) electrons. The highest BCUT2D eigenvalue weighted by Crippen LogP contribution is 2.24. The van der Waals surface area contributed by atoms with Gasteiger partial charge in [0.15, 0.2) is 0 Å². The molecule has 3 rings (SSSR count). The van der Waals surface area contributed by atoms with Gasteiger partial charge in [0.1, 0.15) is 17.2 Å². The van der Waals surface area contributed by atoms with Crippen LogP contribution in [0.15, 0.2) is 97.5 Å². The van der Waals surface area contributed by atoms with Gasteiger partial charge in [-0.25, -0.2) is 9.59 Å². The molecule has 0 atom stereocenters. The summed E-state index contributed by atoms with van der Waals surface area (Å²) in [4.78, 5) is 24.5. The Kier molecular flexibility index (Phi) is 11.7. The zero-order valence-electron chi connectivity index (χ0n) is 22.6. The molecular formula is C32H34O8. The molecule has 0 aliphatic rings. The molecule has 8 nitrogen and oxygen atoms in total. The lowest BCUT2D eigenvalue weighted by Gasteiger charge is -2.09. The molecule has 0 unspecified atom stereocenters. The Labute approximate surface area is 234 Å². The minimum absolute atomic E-state index is 0.0586. The molecule has 210 valence electrons. The summed E-state index contributed by atoms with van der Waals surface area (Å²) in [5.41, 5.74) is 2.16. The summed E-state index contributed by atoms with van der Waals surface area (Å²) < 4.78 is 26.6. The first-order chi connectivity index (χ1) is 19.3. The molecule has 0 aliphatic heterocycles. The minimum atomic E-state index is -0.760. The molecule has 0 saturated heterocycles. The molecule has 0 aromatic heterocycles. The maximum atomic E-state index is 12.5. The normalized spacial score (nSPS) is 10.3. The Morgan fingerprint density at radius 3 is 1.82 bits per heavy atom. The molecule has 3 aromatic rings. The average Bonchev–Trinajstić information content (AvgIpc) is 2.96. The highest BCUT2D eigenvalue weighted by molar-refractivity contribution is 5.91. The number of aliphatic hydroxyl groups excluding tert-OH is 1. The average molecular weight is 547 g/mol. The van der Waals surface area contributed by atoms with Crippen molar-refractivity contribution in [2.75, 3.05) is 19.8 Å². The molecule has 0 spiro atoms. The number of benzene rings is 3. The van der Waals surface area contributed by atoms with Crippen molar-refractivity contribution >= 4 is 12.1 Å². The van der Waals surface area contributed by atoms with Crippen molar-refractivity contribution < 1.29 is 38.4 Å². The third-order valence-corrected chi connectivity index (χ3v) is 5.66. The zero-order valence-corrected chi connectivity index (χ0v) is 22.6. The number of ether oxygens (including phenoxy) is 5. The van der Waals surface area contributed by atoms with Gasteiger partial charge in [0.2, 0.25) is 0 Å². The van der Waals surface area contributed by atoms with Gasteiger partial charge < -0.3 is 28.8 Å². The lowest BCUT2D eigenvalue weighted by Crippen LogP contribution is -2.11. The molecule has 0 saturated carbocycles. The van der Waals surface area contributed by atoms with E-state index in [1.165, 1.54) is 0 Å². The van der Waals surface area contributed by atoms with E-state index in [2.05, 4.69) is 13.2 Å². The summed E-state index contributed by atoms with van der Waals surface area (Å²) >= 11 is 0. The second-order valence-electron chi connectivity index (χ2n) is 8.78. The predicted octanol–water partition coefficient (Wildman–Crippen LogP) is 7.65. The van der Waals surface area contributed by atoms with Crippen LogP contribution in [-0.4, -0.2) is 37.1 Å². The van der Waals surface area contributed by atoms with E-state index >= 15 is 0 Å². The van der Waals surface area contributed by atoms with E-state index < -0.39 is 12.1 Å². The van der Waals surface area contributed by atoms with Crippen LogP contribution in [0, 0.1) is 0 Å². The summed E-state index contributed by atoms with van der Waals surface area (Å²) in [6, 6.07) is 20.6. The number of carbonyl (C=O) groups is 2. The van der Waals surface area contributed by atoms with Gasteiger partial charge in [0, 0.05) is 12.8 Å². The monoisotopic (exact) mass is 546 g/mol. The molecular weight excluding hydrogens is 512 g/mol. The fourth-order valence-corrected chi connectivity index (χ4v) is 3.37. The molecule has 0 bridgehead atoms. The number of hydrogen-bond acceptors (Lipinski definition) is 8. The fraction of sp³-hybridized carbons (Fsp3) is 0.250. The fourth-order valence-electron chi connectivity index (χ4n) is 3.37. The van der Waals surface area contributed by atoms with Crippen molar-refractivity contribution in [2.24, 2.45) is 0 Å². The van der Waals surface area contributed by atoms with E-state index in [0.717, 1.165) is 29.7 Å². The van der Waals surface area contributed by atoms with Gasteiger partial charge in [0.25, 0.3) is 0 Å². The zero-order chi connectivity index (χ0) is 28.7. The van der Waals surface area contributed by atoms with Gasteiger partial charge in [-0.1, -0.05) is 44.3 Å².